The number of halogens is 3. The number of piperidine rings is 1. The molecule has 122 valence electrons. The van der Waals surface area contributed by atoms with Crippen molar-refractivity contribution in [2.24, 2.45) is 5.92 Å². The Morgan fingerprint density at radius 3 is 2.36 bits per heavy atom. The van der Waals surface area contributed by atoms with Gasteiger partial charge in [-0.2, -0.15) is 0 Å². The molecular formula is C15H19F3N2O2. The van der Waals surface area contributed by atoms with E-state index in [9.17, 15) is 18.0 Å². The summed E-state index contributed by atoms with van der Waals surface area (Å²) in [5.74, 6) is -0.303. The first-order chi connectivity index (χ1) is 10.4. The summed E-state index contributed by atoms with van der Waals surface area (Å²) in [6.07, 6.45) is -3.15. The summed E-state index contributed by atoms with van der Waals surface area (Å²) in [4.78, 5) is 14.1. The van der Waals surface area contributed by atoms with Gasteiger partial charge in [0.05, 0.1) is 0 Å². The molecule has 0 atom stereocenters. The molecule has 1 saturated heterocycles. The van der Waals surface area contributed by atoms with E-state index in [1.807, 2.05) is 6.92 Å². The third kappa shape index (κ3) is 4.37. The summed E-state index contributed by atoms with van der Waals surface area (Å²) in [6.45, 7) is 3.94. The second kappa shape index (κ2) is 7.00. The van der Waals surface area contributed by atoms with Crippen LogP contribution in [0.25, 0.3) is 0 Å². The molecule has 1 heterocycles. The summed E-state index contributed by atoms with van der Waals surface area (Å²) in [5, 5.41) is 3.20. The number of nitrogens with one attached hydrogen (secondary N) is 1. The zero-order chi connectivity index (χ0) is 16.2. The van der Waals surface area contributed by atoms with Crippen LogP contribution >= 0.6 is 0 Å². The fourth-order valence-electron chi connectivity index (χ4n) is 2.58. The molecule has 0 bridgehead atoms. The van der Waals surface area contributed by atoms with E-state index in [4.69, 9.17) is 0 Å². The van der Waals surface area contributed by atoms with Gasteiger partial charge >= 0.3 is 6.36 Å². The molecule has 0 spiro atoms. The number of alkyl halides is 3. The Bertz CT molecular complexity index is 497. The lowest BCUT2D eigenvalue weighted by atomic mass is 9.96. The van der Waals surface area contributed by atoms with Crippen molar-refractivity contribution in [3.05, 3.63) is 24.3 Å². The monoisotopic (exact) mass is 316 g/mol. The van der Waals surface area contributed by atoms with E-state index < -0.39 is 6.36 Å². The lowest BCUT2D eigenvalue weighted by Gasteiger charge is -2.29. The highest BCUT2D eigenvalue weighted by Gasteiger charge is 2.31. The van der Waals surface area contributed by atoms with Crippen molar-refractivity contribution < 1.29 is 22.7 Å². The average Bonchev–Trinajstić information content (AvgIpc) is 2.49. The molecule has 1 aromatic carbocycles. The Morgan fingerprint density at radius 1 is 1.27 bits per heavy atom. The topological polar surface area (TPSA) is 41.6 Å². The maximum atomic E-state index is 12.5. The Hall–Kier alpha value is -1.76. The van der Waals surface area contributed by atoms with E-state index in [1.165, 1.54) is 24.3 Å². The van der Waals surface area contributed by atoms with Gasteiger partial charge < -0.3 is 15.0 Å². The highest BCUT2D eigenvalue weighted by molar-refractivity contribution is 5.95. The van der Waals surface area contributed by atoms with Crippen molar-refractivity contribution in [1.82, 2.24) is 5.32 Å². The van der Waals surface area contributed by atoms with E-state index in [0.717, 1.165) is 25.9 Å². The van der Waals surface area contributed by atoms with Gasteiger partial charge in [0.15, 0.2) is 0 Å². The Balaban J connectivity index is 2.08. The van der Waals surface area contributed by atoms with E-state index in [2.05, 4.69) is 10.1 Å². The SMILES string of the molecule is CCN(C(=O)C1CCNCC1)c1ccc(OC(F)(F)F)cc1. The normalized spacial score (nSPS) is 16.4. The molecule has 2 rings (SSSR count). The Morgan fingerprint density at radius 2 is 1.86 bits per heavy atom. The molecule has 0 radical (unpaired) electrons. The van der Waals surface area contributed by atoms with Crippen LogP contribution < -0.4 is 15.0 Å². The first-order valence-electron chi connectivity index (χ1n) is 7.28. The zero-order valence-corrected chi connectivity index (χ0v) is 12.3. The van der Waals surface area contributed by atoms with Crippen LogP contribution in [0.4, 0.5) is 18.9 Å². The molecule has 4 nitrogen and oxygen atoms in total. The highest BCUT2D eigenvalue weighted by Crippen LogP contribution is 2.27. The highest BCUT2D eigenvalue weighted by atomic mass is 19.4. The molecule has 1 amide bonds. The molecule has 0 aliphatic carbocycles. The van der Waals surface area contributed by atoms with Crippen molar-refractivity contribution >= 4 is 11.6 Å². The second-order valence-corrected chi connectivity index (χ2v) is 5.15. The molecule has 0 unspecified atom stereocenters. The van der Waals surface area contributed by atoms with E-state index >= 15 is 0 Å². The van der Waals surface area contributed by atoms with E-state index in [1.54, 1.807) is 4.90 Å². The maximum absolute atomic E-state index is 12.5. The predicted octanol–water partition coefficient (Wildman–Crippen LogP) is 2.94. The number of hydrogen-bond acceptors (Lipinski definition) is 3. The van der Waals surface area contributed by atoms with Gasteiger partial charge in [-0.15, -0.1) is 13.2 Å². The third-order valence-electron chi connectivity index (χ3n) is 3.65. The third-order valence-corrected chi connectivity index (χ3v) is 3.65. The minimum atomic E-state index is -4.71. The number of anilines is 1. The first-order valence-corrected chi connectivity index (χ1v) is 7.28. The van der Waals surface area contributed by atoms with Crippen LogP contribution in [0.3, 0.4) is 0 Å². The van der Waals surface area contributed by atoms with Gasteiger partial charge in [0.1, 0.15) is 5.75 Å². The van der Waals surface area contributed by atoms with Crippen molar-refractivity contribution in [3.63, 3.8) is 0 Å². The summed E-state index contributed by atoms with van der Waals surface area (Å²) in [5.41, 5.74) is 0.584. The van der Waals surface area contributed by atoms with Crippen molar-refractivity contribution in [2.75, 3.05) is 24.5 Å². The second-order valence-electron chi connectivity index (χ2n) is 5.15. The van der Waals surface area contributed by atoms with Crippen LogP contribution in [0.1, 0.15) is 19.8 Å². The largest absolute Gasteiger partial charge is 0.573 e. The van der Waals surface area contributed by atoms with Gasteiger partial charge in [0.2, 0.25) is 5.91 Å². The number of hydrogen-bond donors (Lipinski definition) is 1. The molecule has 7 heteroatoms. The van der Waals surface area contributed by atoms with Crippen molar-refractivity contribution in [3.8, 4) is 5.75 Å². The number of carbonyl (C=O) groups is 1. The van der Waals surface area contributed by atoms with E-state index in [-0.39, 0.29) is 17.6 Å². The van der Waals surface area contributed by atoms with Crippen LogP contribution in [-0.4, -0.2) is 31.9 Å². The summed E-state index contributed by atoms with van der Waals surface area (Å²) >= 11 is 0. The number of nitrogens with zero attached hydrogens (tertiary/aromatic N) is 1. The van der Waals surface area contributed by atoms with Crippen LogP contribution in [0.2, 0.25) is 0 Å². The fourth-order valence-corrected chi connectivity index (χ4v) is 2.58. The Labute approximate surface area is 127 Å². The summed E-state index contributed by atoms with van der Waals surface area (Å²) in [6, 6.07) is 5.40. The van der Waals surface area contributed by atoms with Crippen LogP contribution in [0.5, 0.6) is 5.75 Å². The van der Waals surface area contributed by atoms with E-state index in [0.29, 0.717) is 12.2 Å². The van der Waals surface area contributed by atoms with Gasteiger partial charge in [0, 0.05) is 18.2 Å². The standard InChI is InChI=1S/C15H19F3N2O2/c1-2-20(14(21)11-7-9-19-10-8-11)12-3-5-13(6-4-12)22-15(16,17)18/h3-6,11,19H,2,7-10H2,1H3. The maximum Gasteiger partial charge on any atom is 0.573 e. The molecule has 1 aliphatic rings. The van der Waals surface area contributed by atoms with Crippen LogP contribution in [0.15, 0.2) is 24.3 Å². The molecule has 1 N–H and O–H groups in total. The smallest absolute Gasteiger partial charge is 0.406 e. The van der Waals surface area contributed by atoms with Gasteiger partial charge in [0.25, 0.3) is 0 Å². The number of carbonyl (C=O) groups excluding carboxylic acids is 1. The van der Waals surface area contributed by atoms with Gasteiger partial charge in [-0.05, 0) is 57.1 Å². The molecule has 0 aromatic heterocycles. The quantitative estimate of drug-likeness (QED) is 0.928. The number of rotatable bonds is 4. The average molecular weight is 316 g/mol. The molecule has 1 aliphatic heterocycles. The van der Waals surface area contributed by atoms with Crippen LogP contribution in [-0.2, 0) is 4.79 Å². The first kappa shape index (κ1) is 16.6. The summed E-state index contributed by atoms with van der Waals surface area (Å²) in [7, 11) is 0. The number of ether oxygens (including phenoxy) is 1. The fraction of sp³-hybridized carbons (Fsp3) is 0.533. The minimum absolute atomic E-state index is 0.0217. The molecule has 1 aromatic rings. The lowest BCUT2D eigenvalue weighted by Crippen LogP contribution is -2.41. The minimum Gasteiger partial charge on any atom is -0.406 e. The van der Waals surface area contributed by atoms with Gasteiger partial charge in [-0.3, -0.25) is 4.79 Å². The van der Waals surface area contributed by atoms with Crippen LogP contribution in [0, 0.1) is 5.92 Å². The Kier molecular flexibility index (Phi) is 5.28. The lowest BCUT2D eigenvalue weighted by molar-refractivity contribution is -0.274. The molecule has 0 saturated carbocycles. The predicted molar refractivity (Wildman–Crippen MR) is 76.7 cm³/mol. The van der Waals surface area contributed by atoms with Crippen molar-refractivity contribution in [1.29, 1.82) is 0 Å². The van der Waals surface area contributed by atoms with Gasteiger partial charge in [-0.1, -0.05) is 0 Å². The number of benzene rings is 1. The van der Waals surface area contributed by atoms with Crippen molar-refractivity contribution in [2.45, 2.75) is 26.1 Å². The molecule has 1 fully saturated rings. The number of amides is 1. The molecule has 22 heavy (non-hydrogen) atoms. The van der Waals surface area contributed by atoms with Gasteiger partial charge in [-0.25, -0.2) is 0 Å². The molecular weight excluding hydrogens is 297 g/mol. The zero-order valence-electron chi connectivity index (χ0n) is 12.3. The summed E-state index contributed by atoms with van der Waals surface area (Å²) < 4.78 is 40.3.